The van der Waals surface area contributed by atoms with Crippen LogP contribution in [0.5, 0.6) is 0 Å². The molecule has 0 bridgehead atoms. The van der Waals surface area contributed by atoms with Gasteiger partial charge in [-0.05, 0) is 56.7 Å². The molecule has 1 aliphatic heterocycles. The van der Waals surface area contributed by atoms with Gasteiger partial charge in [-0.2, -0.15) is 0 Å². The minimum atomic E-state index is 0.213. The number of carbonyl (C=O) groups is 1. The highest BCUT2D eigenvalue weighted by Crippen LogP contribution is 2.29. The van der Waals surface area contributed by atoms with E-state index < -0.39 is 0 Å². The molecule has 1 heterocycles. The van der Waals surface area contributed by atoms with E-state index in [4.69, 9.17) is 0 Å². The fourth-order valence-corrected chi connectivity index (χ4v) is 2.79. The largest absolute Gasteiger partial charge is 0.311 e. The molecule has 1 fully saturated rings. The third-order valence-corrected chi connectivity index (χ3v) is 4.06. The number of rotatable bonds is 4. The molecule has 19 heavy (non-hydrogen) atoms. The molecule has 3 nitrogen and oxygen atoms in total. The first-order chi connectivity index (χ1) is 9.24. The summed E-state index contributed by atoms with van der Waals surface area (Å²) in [5, 5.41) is 3.30. The highest BCUT2D eigenvalue weighted by atomic mass is 16.2. The van der Waals surface area contributed by atoms with Gasteiger partial charge in [-0.25, -0.2) is 0 Å². The van der Waals surface area contributed by atoms with Crippen LogP contribution in [-0.4, -0.2) is 25.5 Å². The zero-order chi connectivity index (χ0) is 13.2. The summed E-state index contributed by atoms with van der Waals surface area (Å²) >= 11 is 0. The number of amides is 1. The number of nitrogens with one attached hydrogen (secondary N) is 1. The summed E-state index contributed by atoms with van der Waals surface area (Å²) in [6, 6.07) is 6.41. The van der Waals surface area contributed by atoms with Crippen molar-refractivity contribution in [2.24, 2.45) is 5.92 Å². The van der Waals surface area contributed by atoms with Crippen molar-refractivity contribution >= 4 is 11.6 Å². The first-order valence-corrected chi connectivity index (χ1v) is 7.34. The van der Waals surface area contributed by atoms with Crippen LogP contribution in [0.1, 0.15) is 30.4 Å². The normalized spacial score (nSPS) is 18.3. The molecule has 1 aromatic rings. The van der Waals surface area contributed by atoms with Crippen LogP contribution in [0, 0.1) is 12.8 Å². The van der Waals surface area contributed by atoms with E-state index in [1.54, 1.807) is 0 Å². The number of hydrogen-bond acceptors (Lipinski definition) is 2. The number of aryl methyl sites for hydroxylation is 2. The smallest absolute Gasteiger partial charge is 0.240 e. The van der Waals surface area contributed by atoms with Gasteiger partial charge in [0.05, 0.1) is 6.54 Å². The van der Waals surface area contributed by atoms with E-state index in [2.05, 4.69) is 30.4 Å². The van der Waals surface area contributed by atoms with Crippen LogP contribution in [0.15, 0.2) is 18.2 Å². The summed E-state index contributed by atoms with van der Waals surface area (Å²) in [4.78, 5) is 14.3. The Labute approximate surface area is 115 Å². The van der Waals surface area contributed by atoms with Crippen molar-refractivity contribution in [3.8, 4) is 0 Å². The molecule has 0 saturated heterocycles. The zero-order valence-electron chi connectivity index (χ0n) is 11.6. The van der Waals surface area contributed by atoms with Crippen molar-refractivity contribution in [2.75, 3.05) is 24.5 Å². The zero-order valence-corrected chi connectivity index (χ0v) is 11.6. The van der Waals surface area contributed by atoms with Gasteiger partial charge in [-0.3, -0.25) is 4.79 Å². The fourth-order valence-electron chi connectivity index (χ4n) is 2.79. The van der Waals surface area contributed by atoms with Crippen LogP contribution in [0.3, 0.4) is 0 Å². The number of fused-ring (bicyclic) bond motifs is 1. The van der Waals surface area contributed by atoms with E-state index in [9.17, 15) is 4.79 Å². The van der Waals surface area contributed by atoms with Gasteiger partial charge in [0.15, 0.2) is 0 Å². The molecule has 0 spiro atoms. The van der Waals surface area contributed by atoms with Crippen LogP contribution >= 0.6 is 0 Å². The highest BCUT2D eigenvalue weighted by Gasteiger charge is 2.24. The minimum Gasteiger partial charge on any atom is -0.311 e. The highest BCUT2D eigenvalue weighted by molar-refractivity contribution is 5.96. The van der Waals surface area contributed by atoms with Gasteiger partial charge < -0.3 is 10.2 Å². The van der Waals surface area contributed by atoms with Crippen LogP contribution in [0.25, 0.3) is 0 Å². The van der Waals surface area contributed by atoms with Crippen molar-refractivity contribution in [3.63, 3.8) is 0 Å². The molecule has 3 rings (SSSR count). The fraction of sp³-hybridized carbons (Fsp3) is 0.562. The van der Waals surface area contributed by atoms with Gasteiger partial charge in [0.2, 0.25) is 5.91 Å². The molecule has 2 aliphatic rings. The van der Waals surface area contributed by atoms with Gasteiger partial charge >= 0.3 is 0 Å². The average molecular weight is 258 g/mol. The Morgan fingerprint density at radius 1 is 1.42 bits per heavy atom. The monoisotopic (exact) mass is 258 g/mol. The van der Waals surface area contributed by atoms with Gasteiger partial charge in [0, 0.05) is 12.2 Å². The third kappa shape index (κ3) is 2.98. The van der Waals surface area contributed by atoms with Crippen LogP contribution in [0.2, 0.25) is 0 Å². The molecule has 0 atom stereocenters. The van der Waals surface area contributed by atoms with E-state index in [1.165, 1.54) is 24.0 Å². The molecule has 1 saturated carbocycles. The molecule has 3 heteroatoms. The van der Waals surface area contributed by atoms with Gasteiger partial charge in [0.1, 0.15) is 0 Å². The SMILES string of the molecule is Cc1ccc2c(c1)CCCN2C(=O)CNCC1CC1. The van der Waals surface area contributed by atoms with Crippen molar-refractivity contribution in [3.05, 3.63) is 29.3 Å². The van der Waals surface area contributed by atoms with E-state index >= 15 is 0 Å². The van der Waals surface area contributed by atoms with Crippen molar-refractivity contribution < 1.29 is 4.79 Å². The van der Waals surface area contributed by atoms with Crippen LogP contribution in [-0.2, 0) is 11.2 Å². The first kappa shape index (κ1) is 12.7. The number of benzene rings is 1. The second-order valence-corrected chi connectivity index (χ2v) is 5.86. The summed E-state index contributed by atoms with van der Waals surface area (Å²) in [6.45, 7) is 4.45. The van der Waals surface area contributed by atoms with Gasteiger partial charge in [0.25, 0.3) is 0 Å². The van der Waals surface area contributed by atoms with E-state index in [0.717, 1.165) is 37.5 Å². The molecular weight excluding hydrogens is 236 g/mol. The average Bonchev–Trinajstić information content (AvgIpc) is 3.21. The quantitative estimate of drug-likeness (QED) is 0.898. The first-order valence-electron chi connectivity index (χ1n) is 7.34. The van der Waals surface area contributed by atoms with E-state index in [1.807, 2.05) is 4.90 Å². The molecule has 0 aromatic heterocycles. The van der Waals surface area contributed by atoms with Crippen molar-refractivity contribution in [1.82, 2.24) is 5.32 Å². The second-order valence-electron chi connectivity index (χ2n) is 5.86. The van der Waals surface area contributed by atoms with Crippen LogP contribution in [0.4, 0.5) is 5.69 Å². The molecule has 1 amide bonds. The summed E-state index contributed by atoms with van der Waals surface area (Å²) in [6.07, 6.45) is 4.82. The molecular formula is C16H22N2O. The Bertz CT molecular complexity index is 480. The summed E-state index contributed by atoms with van der Waals surface area (Å²) < 4.78 is 0. The number of hydrogen-bond donors (Lipinski definition) is 1. The lowest BCUT2D eigenvalue weighted by Gasteiger charge is -2.30. The summed E-state index contributed by atoms with van der Waals surface area (Å²) in [5.74, 6) is 1.04. The molecule has 1 aliphatic carbocycles. The number of carbonyl (C=O) groups excluding carboxylic acids is 1. The maximum atomic E-state index is 12.3. The maximum Gasteiger partial charge on any atom is 0.240 e. The number of anilines is 1. The lowest BCUT2D eigenvalue weighted by atomic mass is 9.99. The summed E-state index contributed by atoms with van der Waals surface area (Å²) in [5.41, 5.74) is 3.72. The lowest BCUT2D eigenvalue weighted by molar-refractivity contribution is -0.117. The Kier molecular flexibility index (Phi) is 3.56. The molecule has 0 unspecified atom stereocenters. The van der Waals surface area contributed by atoms with Crippen molar-refractivity contribution in [2.45, 2.75) is 32.6 Å². The van der Waals surface area contributed by atoms with E-state index in [-0.39, 0.29) is 5.91 Å². The topological polar surface area (TPSA) is 32.3 Å². The third-order valence-electron chi connectivity index (χ3n) is 4.06. The molecule has 102 valence electrons. The molecule has 1 aromatic carbocycles. The molecule has 1 N–H and O–H groups in total. The summed E-state index contributed by atoms with van der Waals surface area (Å²) in [7, 11) is 0. The minimum absolute atomic E-state index is 0.213. The predicted octanol–water partition coefficient (Wildman–Crippen LogP) is 2.27. The van der Waals surface area contributed by atoms with E-state index in [0.29, 0.717) is 6.54 Å². The molecule has 0 radical (unpaired) electrons. The maximum absolute atomic E-state index is 12.3. The standard InChI is InChI=1S/C16H22N2O/c1-12-4-7-15-14(9-12)3-2-8-18(15)16(19)11-17-10-13-5-6-13/h4,7,9,13,17H,2-3,5-6,8,10-11H2,1H3. The predicted molar refractivity (Wildman–Crippen MR) is 77.4 cm³/mol. The Hall–Kier alpha value is -1.35. The second kappa shape index (κ2) is 5.33. The van der Waals surface area contributed by atoms with Crippen LogP contribution < -0.4 is 10.2 Å². The Morgan fingerprint density at radius 2 is 2.26 bits per heavy atom. The number of nitrogens with zero attached hydrogens (tertiary/aromatic N) is 1. The Balaban J connectivity index is 1.65. The lowest BCUT2D eigenvalue weighted by Crippen LogP contribution is -2.41. The Morgan fingerprint density at radius 3 is 3.05 bits per heavy atom. The van der Waals surface area contributed by atoms with Crippen molar-refractivity contribution in [1.29, 1.82) is 0 Å². The van der Waals surface area contributed by atoms with Gasteiger partial charge in [-0.15, -0.1) is 0 Å². The van der Waals surface area contributed by atoms with Gasteiger partial charge in [-0.1, -0.05) is 17.7 Å².